The Kier molecular flexibility index (Phi) is 4.11. The minimum Gasteiger partial charge on any atom is -0.346 e. The van der Waals surface area contributed by atoms with Gasteiger partial charge in [-0.2, -0.15) is 0 Å². The lowest BCUT2D eigenvalue weighted by atomic mass is 10.3. The van der Waals surface area contributed by atoms with Crippen LogP contribution in [0.1, 0.15) is 30.6 Å². The van der Waals surface area contributed by atoms with Crippen molar-refractivity contribution in [3.63, 3.8) is 0 Å². The smallest absolute Gasteiger partial charge is 0.265 e. The number of nitrogens with two attached hydrogens (primary N) is 1. The van der Waals surface area contributed by atoms with Crippen LogP contribution in [-0.2, 0) is 16.6 Å². The van der Waals surface area contributed by atoms with Crippen molar-refractivity contribution in [3.05, 3.63) is 23.0 Å². The third-order valence-electron chi connectivity index (χ3n) is 2.73. The molecule has 0 amide bonds. The Morgan fingerprint density at radius 2 is 2.15 bits per heavy atom. The Bertz CT molecular complexity index is 702. The lowest BCUT2D eigenvalue weighted by Crippen LogP contribution is -2.12. The number of hydrogen-bond donors (Lipinski definition) is 2. The van der Waals surface area contributed by atoms with E-state index in [9.17, 15) is 8.42 Å². The van der Waals surface area contributed by atoms with E-state index in [4.69, 9.17) is 5.73 Å². The zero-order valence-corrected chi connectivity index (χ0v) is 13.1. The SMILES string of the molecule is Cc1nnc(NS(=O)(=O)c2cc(CN)n(C(C)C)c2)s1. The number of nitrogens with one attached hydrogen (secondary N) is 1. The molecule has 0 spiro atoms. The van der Waals surface area contributed by atoms with Gasteiger partial charge in [0.2, 0.25) is 5.13 Å². The van der Waals surface area contributed by atoms with Crippen LogP contribution in [0, 0.1) is 6.92 Å². The van der Waals surface area contributed by atoms with Crippen LogP contribution in [0.15, 0.2) is 17.2 Å². The van der Waals surface area contributed by atoms with Crippen molar-refractivity contribution < 1.29 is 8.42 Å². The van der Waals surface area contributed by atoms with Crippen molar-refractivity contribution in [3.8, 4) is 0 Å². The highest BCUT2D eigenvalue weighted by Gasteiger charge is 2.20. The number of rotatable bonds is 5. The Morgan fingerprint density at radius 3 is 2.60 bits per heavy atom. The second kappa shape index (κ2) is 5.51. The first kappa shape index (κ1) is 14.9. The molecule has 0 aromatic carbocycles. The van der Waals surface area contributed by atoms with Gasteiger partial charge in [0.15, 0.2) is 0 Å². The zero-order chi connectivity index (χ0) is 14.9. The van der Waals surface area contributed by atoms with Crippen LogP contribution < -0.4 is 10.5 Å². The van der Waals surface area contributed by atoms with E-state index in [1.807, 2.05) is 18.4 Å². The summed E-state index contributed by atoms with van der Waals surface area (Å²) in [5.74, 6) is 0. The standard InChI is InChI=1S/C11H17N5O2S2/c1-7(2)16-6-10(4-9(16)5-12)20(17,18)15-11-14-13-8(3)19-11/h4,6-7H,5,12H2,1-3H3,(H,14,15). The molecule has 110 valence electrons. The number of sulfonamides is 1. The normalized spacial score (nSPS) is 12.1. The van der Waals surface area contributed by atoms with Gasteiger partial charge in [-0.3, -0.25) is 4.72 Å². The Labute approximate surface area is 121 Å². The molecule has 0 aliphatic carbocycles. The number of nitrogens with zero attached hydrogens (tertiary/aromatic N) is 3. The highest BCUT2D eigenvalue weighted by Crippen LogP contribution is 2.22. The molecule has 0 radical (unpaired) electrons. The summed E-state index contributed by atoms with van der Waals surface area (Å²) < 4.78 is 28.8. The zero-order valence-electron chi connectivity index (χ0n) is 11.5. The summed E-state index contributed by atoms with van der Waals surface area (Å²) in [6.07, 6.45) is 1.59. The van der Waals surface area contributed by atoms with Gasteiger partial charge in [-0.25, -0.2) is 8.42 Å². The molecule has 2 aromatic rings. The Morgan fingerprint density at radius 1 is 1.45 bits per heavy atom. The van der Waals surface area contributed by atoms with Gasteiger partial charge in [-0.05, 0) is 26.8 Å². The van der Waals surface area contributed by atoms with Gasteiger partial charge >= 0.3 is 0 Å². The Hall–Kier alpha value is -1.45. The maximum Gasteiger partial charge on any atom is 0.265 e. The van der Waals surface area contributed by atoms with Crippen LogP contribution in [0.4, 0.5) is 5.13 Å². The number of aromatic nitrogens is 3. The molecular weight excluding hydrogens is 298 g/mol. The van der Waals surface area contributed by atoms with Gasteiger partial charge < -0.3 is 10.3 Å². The largest absolute Gasteiger partial charge is 0.346 e. The number of anilines is 1. The molecule has 2 rings (SSSR count). The fourth-order valence-electron chi connectivity index (χ4n) is 1.80. The summed E-state index contributed by atoms with van der Waals surface area (Å²) in [4.78, 5) is 0.180. The first-order valence-electron chi connectivity index (χ1n) is 6.07. The topological polar surface area (TPSA) is 103 Å². The molecule has 3 N–H and O–H groups in total. The molecule has 0 aliphatic heterocycles. The summed E-state index contributed by atoms with van der Waals surface area (Å²) in [6.45, 7) is 5.98. The fourth-order valence-corrected chi connectivity index (χ4v) is 3.67. The second-order valence-corrected chi connectivity index (χ2v) is 7.47. The molecule has 2 aromatic heterocycles. The molecule has 0 fully saturated rings. The van der Waals surface area contributed by atoms with Gasteiger partial charge in [0.25, 0.3) is 10.0 Å². The highest BCUT2D eigenvalue weighted by molar-refractivity contribution is 7.93. The summed E-state index contributed by atoms with van der Waals surface area (Å²) in [6, 6.07) is 1.72. The molecule has 2 heterocycles. The van der Waals surface area contributed by atoms with Gasteiger partial charge in [0.05, 0.1) is 0 Å². The van der Waals surface area contributed by atoms with Crippen molar-refractivity contribution >= 4 is 26.5 Å². The minimum absolute atomic E-state index is 0.140. The maximum atomic E-state index is 12.3. The van der Waals surface area contributed by atoms with E-state index >= 15 is 0 Å². The van der Waals surface area contributed by atoms with Gasteiger partial charge in [0, 0.05) is 24.5 Å². The molecule has 7 nitrogen and oxygen atoms in total. The molecule has 0 atom stereocenters. The van der Waals surface area contributed by atoms with Crippen molar-refractivity contribution in [1.82, 2.24) is 14.8 Å². The highest BCUT2D eigenvalue weighted by atomic mass is 32.2. The van der Waals surface area contributed by atoms with E-state index in [0.29, 0.717) is 5.01 Å². The molecule has 0 saturated carbocycles. The quantitative estimate of drug-likeness (QED) is 0.870. The third kappa shape index (κ3) is 3.00. The monoisotopic (exact) mass is 315 g/mol. The van der Waals surface area contributed by atoms with E-state index < -0.39 is 10.0 Å². The predicted molar refractivity (Wildman–Crippen MR) is 78.2 cm³/mol. The summed E-state index contributed by atoms with van der Waals surface area (Å²) >= 11 is 1.19. The predicted octanol–water partition coefficient (Wildman–Crippen LogP) is 1.49. The van der Waals surface area contributed by atoms with Crippen molar-refractivity contribution in [2.24, 2.45) is 5.73 Å². The minimum atomic E-state index is -3.66. The average molecular weight is 315 g/mol. The van der Waals surface area contributed by atoms with E-state index in [1.54, 1.807) is 19.2 Å². The Balaban J connectivity index is 2.34. The van der Waals surface area contributed by atoms with E-state index in [0.717, 1.165) is 5.69 Å². The first-order valence-corrected chi connectivity index (χ1v) is 8.37. The molecule has 9 heteroatoms. The van der Waals surface area contributed by atoms with Gasteiger partial charge in [-0.1, -0.05) is 11.3 Å². The molecule has 0 unspecified atom stereocenters. The second-order valence-electron chi connectivity index (χ2n) is 4.60. The lowest BCUT2D eigenvalue weighted by molar-refractivity contribution is 0.573. The van der Waals surface area contributed by atoms with Crippen LogP contribution in [0.3, 0.4) is 0 Å². The number of hydrogen-bond acceptors (Lipinski definition) is 6. The first-order chi connectivity index (χ1) is 9.33. The summed E-state index contributed by atoms with van der Waals surface area (Å²) in [5, 5.41) is 8.49. The number of aryl methyl sites for hydroxylation is 1. The summed E-state index contributed by atoms with van der Waals surface area (Å²) in [7, 11) is -3.66. The van der Waals surface area contributed by atoms with Crippen LogP contribution in [0.2, 0.25) is 0 Å². The molecular formula is C11H17N5O2S2. The molecule has 20 heavy (non-hydrogen) atoms. The van der Waals surface area contributed by atoms with E-state index in [-0.39, 0.29) is 22.6 Å². The third-order valence-corrected chi connectivity index (χ3v) is 4.92. The van der Waals surface area contributed by atoms with Crippen molar-refractivity contribution in [1.29, 1.82) is 0 Å². The molecule has 0 aliphatic rings. The van der Waals surface area contributed by atoms with E-state index in [2.05, 4.69) is 14.9 Å². The van der Waals surface area contributed by atoms with Crippen LogP contribution >= 0.6 is 11.3 Å². The van der Waals surface area contributed by atoms with Crippen LogP contribution in [0.25, 0.3) is 0 Å². The molecule has 0 saturated heterocycles. The lowest BCUT2D eigenvalue weighted by Gasteiger charge is -2.10. The van der Waals surface area contributed by atoms with Crippen molar-refractivity contribution in [2.45, 2.75) is 38.3 Å². The van der Waals surface area contributed by atoms with Gasteiger partial charge in [-0.15, -0.1) is 10.2 Å². The van der Waals surface area contributed by atoms with Gasteiger partial charge in [0.1, 0.15) is 9.90 Å². The van der Waals surface area contributed by atoms with Crippen LogP contribution in [-0.4, -0.2) is 23.2 Å². The maximum absolute atomic E-state index is 12.3. The van der Waals surface area contributed by atoms with Crippen molar-refractivity contribution in [2.75, 3.05) is 4.72 Å². The van der Waals surface area contributed by atoms with Crippen LogP contribution in [0.5, 0.6) is 0 Å². The average Bonchev–Trinajstić information content (AvgIpc) is 2.95. The molecule has 0 bridgehead atoms. The van der Waals surface area contributed by atoms with E-state index in [1.165, 1.54) is 11.3 Å². The summed E-state index contributed by atoms with van der Waals surface area (Å²) in [5.41, 5.74) is 6.42. The fraction of sp³-hybridized carbons (Fsp3) is 0.455.